The second-order valence-electron chi connectivity index (χ2n) is 8.21. The van der Waals surface area contributed by atoms with E-state index in [9.17, 15) is 15.0 Å². The zero-order chi connectivity index (χ0) is 23.5. The first-order valence-electron chi connectivity index (χ1n) is 10.8. The number of nitrogens with zero attached hydrogens (tertiary/aromatic N) is 1. The molecule has 31 heavy (non-hydrogen) atoms. The summed E-state index contributed by atoms with van der Waals surface area (Å²) in [5.41, 5.74) is 11.3. The summed E-state index contributed by atoms with van der Waals surface area (Å²) in [5, 5.41) is 20.7. The first-order valence-corrected chi connectivity index (χ1v) is 12.3. The zero-order valence-electron chi connectivity index (χ0n) is 18.8. The molecule has 0 aliphatic heterocycles. The molecule has 5 atom stereocenters. The summed E-state index contributed by atoms with van der Waals surface area (Å²) in [6.07, 6.45) is 6.14. The number of hydrogen-bond acceptors (Lipinski definition) is 8. The Bertz CT molecular complexity index is 522. The molecule has 0 aromatic heterocycles. The van der Waals surface area contributed by atoms with Gasteiger partial charge in [-0.25, -0.2) is 0 Å². The van der Waals surface area contributed by atoms with Crippen molar-refractivity contribution in [2.75, 3.05) is 19.6 Å². The standard InChI is InChI=1S/C13H25NO3.C6H14N2.H3O4P.Pt/c1-4-14(5-2,6-3)10-7-8-12(15)11(9-10)13(16)17;7-5-3-1-2-4-6(5)8;1-5(2,3)4;/h10-12,15H,4-9H2,1-3H3;5-6H,1-4,7-8H2;(H3,1,2,3,4);/q;;;+2/p-2/t;5-,6-;;/m.0../s1. The SMILES string of the molecule is CC[N+](CC)(CC)C1CCC(O)C(C(=O)[O-])C1.N[C@H]1CCCC[C@@H]1N.O=P([O-])([O-])O.[Pt+2]. The van der Waals surface area contributed by atoms with E-state index in [-0.39, 0.29) is 33.1 Å². The Morgan fingerprint density at radius 2 is 1.39 bits per heavy atom. The maximum atomic E-state index is 11.0. The molecule has 0 spiro atoms. The van der Waals surface area contributed by atoms with Crippen LogP contribution in [0.5, 0.6) is 0 Å². The number of rotatable bonds is 5. The van der Waals surface area contributed by atoms with Crippen LogP contribution in [0.4, 0.5) is 0 Å². The van der Waals surface area contributed by atoms with Gasteiger partial charge in [-0.15, -0.1) is 0 Å². The van der Waals surface area contributed by atoms with Crippen LogP contribution in [-0.4, -0.2) is 64.3 Å². The summed E-state index contributed by atoms with van der Waals surface area (Å²) in [6.45, 7) is 9.54. The number of carboxylic acid groups (broad SMARTS) is 1. The van der Waals surface area contributed by atoms with Crippen molar-refractivity contribution in [3.05, 3.63) is 0 Å². The number of carbonyl (C=O) groups is 1. The Kier molecular flexibility index (Phi) is 17.0. The normalized spacial score (nSPS) is 28.7. The van der Waals surface area contributed by atoms with Gasteiger partial charge in [-0.3, -0.25) is 0 Å². The molecule has 0 aromatic rings. The van der Waals surface area contributed by atoms with Gasteiger partial charge in [0.05, 0.1) is 39.6 Å². The summed E-state index contributed by atoms with van der Waals surface area (Å²) >= 11 is 0. The molecule has 2 aliphatic rings. The van der Waals surface area contributed by atoms with Gasteiger partial charge >= 0.3 is 21.1 Å². The smallest absolute Gasteiger partial charge is 0.790 e. The number of aliphatic hydroxyl groups excluding tert-OH is 1. The molecular formula is C19H40N3O7PPt. The fourth-order valence-electron chi connectivity index (χ4n) is 4.52. The topological polar surface area (TPSA) is 196 Å². The van der Waals surface area contributed by atoms with Gasteiger partial charge in [0.2, 0.25) is 0 Å². The van der Waals surface area contributed by atoms with Gasteiger partial charge in [0.25, 0.3) is 0 Å². The van der Waals surface area contributed by atoms with Crippen LogP contribution in [0.1, 0.15) is 65.7 Å². The largest absolute Gasteiger partial charge is 2.00 e. The van der Waals surface area contributed by atoms with Crippen LogP contribution in [0.2, 0.25) is 0 Å². The van der Waals surface area contributed by atoms with E-state index in [4.69, 9.17) is 30.7 Å². The quantitative estimate of drug-likeness (QED) is 0.196. The van der Waals surface area contributed by atoms with E-state index in [0.717, 1.165) is 43.4 Å². The Balaban J connectivity index is 0. The van der Waals surface area contributed by atoms with Crippen molar-refractivity contribution < 1.29 is 59.8 Å². The third kappa shape index (κ3) is 12.8. The summed E-state index contributed by atoms with van der Waals surface area (Å²) in [4.78, 5) is 35.3. The summed E-state index contributed by atoms with van der Waals surface area (Å²) in [5.74, 6) is -1.78. The predicted octanol–water partition coefficient (Wildman–Crippen LogP) is -1.84. The van der Waals surface area contributed by atoms with Crippen LogP contribution in [0.25, 0.3) is 0 Å². The molecule has 2 aliphatic carbocycles. The van der Waals surface area contributed by atoms with Crippen LogP contribution in [-0.2, 0) is 30.4 Å². The number of quaternary nitrogens is 1. The summed E-state index contributed by atoms with van der Waals surface area (Å²) in [7, 11) is -5.14. The number of hydrogen-bond donors (Lipinski definition) is 4. The Morgan fingerprint density at radius 3 is 1.68 bits per heavy atom. The third-order valence-electron chi connectivity index (χ3n) is 6.63. The summed E-state index contributed by atoms with van der Waals surface area (Å²) < 4.78 is 9.61. The zero-order valence-corrected chi connectivity index (χ0v) is 21.9. The molecule has 2 rings (SSSR count). The molecule has 12 heteroatoms. The number of phosphoric acid groups is 1. The fraction of sp³-hybridized carbons (Fsp3) is 0.947. The molecule has 3 unspecified atom stereocenters. The van der Waals surface area contributed by atoms with Crippen molar-refractivity contribution in [3.8, 4) is 0 Å². The first kappa shape index (κ1) is 33.3. The number of nitrogens with two attached hydrogens (primary N) is 2. The molecule has 188 valence electrons. The Labute approximate surface area is 200 Å². The van der Waals surface area contributed by atoms with E-state index in [0.29, 0.717) is 18.9 Å². The van der Waals surface area contributed by atoms with Gasteiger partial charge in [0, 0.05) is 36.8 Å². The molecule has 2 fully saturated rings. The van der Waals surface area contributed by atoms with Gasteiger partial charge in [-0.2, -0.15) is 0 Å². The van der Waals surface area contributed by atoms with Crippen molar-refractivity contribution in [1.82, 2.24) is 0 Å². The molecule has 0 bridgehead atoms. The molecule has 0 heterocycles. The monoisotopic (exact) mass is 648 g/mol. The molecule has 6 N–H and O–H groups in total. The van der Waals surface area contributed by atoms with Crippen molar-refractivity contribution in [2.24, 2.45) is 17.4 Å². The maximum Gasteiger partial charge on any atom is 2.00 e. The van der Waals surface area contributed by atoms with Crippen molar-refractivity contribution >= 4 is 13.8 Å². The van der Waals surface area contributed by atoms with Crippen molar-refractivity contribution in [1.29, 1.82) is 0 Å². The molecule has 2 saturated carbocycles. The number of carbonyl (C=O) groups excluding carboxylic acids is 1. The molecule has 0 saturated heterocycles. The average Bonchev–Trinajstić information content (AvgIpc) is 2.66. The summed E-state index contributed by atoms with van der Waals surface area (Å²) in [6, 6.07) is 0.911. The van der Waals surface area contributed by atoms with Gasteiger partial charge in [-0.05, 0) is 40.0 Å². The average molecular weight is 649 g/mol. The van der Waals surface area contributed by atoms with E-state index in [1.54, 1.807) is 0 Å². The Hall–Kier alpha value is 0.108. The van der Waals surface area contributed by atoms with Crippen LogP contribution < -0.4 is 26.4 Å². The van der Waals surface area contributed by atoms with Gasteiger partial charge in [-0.1, -0.05) is 12.8 Å². The van der Waals surface area contributed by atoms with Crippen LogP contribution in [0.3, 0.4) is 0 Å². The van der Waals surface area contributed by atoms with E-state index in [1.807, 2.05) is 0 Å². The number of aliphatic hydroxyl groups is 1. The van der Waals surface area contributed by atoms with E-state index < -0.39 is 25.8 Å². The van der Waals surface area contributed by atoms with Crippen LogP contribution >= 0.6 is 7.82 Å². The molecule has 0 aromatic carbocycles. The van der Waals surface area contributed by atoms with Gasteiger partial charge in [0.1, 0.15) is 0 Å². The predicted molar refractivity (Wildman–Crippen MR) is 108 cm³/mol. The van der Waals surface area contributed by atoms with Crippen molar-refractivity contribution in [2.45, 2.75) is 89.9 Å². The van der Waals surface area contributed by atoms with Crippen molar-refractivity contribution in [3.63, 3.8) is 0 Å². The second-order valence-corrected chi connectivity index (χ2v) is 9.14. The van der Waals surface area contributed by atoms with E-state index in [1.165, 1.54) is 12.8 Å². The van der Waals surface area contributed by atoms with E-state index >= 15 is 0 Å². The molecule has 0 amide bonds. The molecular weight excluding hydrogens is 608 g/mol. The number of aliphatic carboxylic acids is 1. The fourth-order valence-corrected chi connectivity index (χ4v) is 4.52. The van der Waals surface area contributed by atoms with E-state index in [2.05, 4.69) is 20.8 Å². The second kappa shape index (κ2) is 15.9. The minimum absolute atomic E-state index is 0. The third-order valence-corrected chi connectivity index (χ3v) is 6.63. The minimum atomic E-state index is -5.14. The van der Waals surface area contributed by atoms with Crippen LogP contribution in [0.15, 0.2) is 0 Å². The van der Waals surface area contributed by atoms with Gasteiger partial charge in [0.15, 0.2) is 0 Å². The molecule has 10 nitrogen and oxygen atoms in total. The first-order chi connectivity index (χ1) is 13.8. The minimum Gasteiger partial charge on any atom is -0.790 e. The van der Waals surface area contributed by atoms with Gasteiger partial charge < -0.3 is 50.2 Å². The molecule has 0 radical (unpaired) electrons. The van der Waals surface area contributed by atoms with Crippen LogP contribution in [0, 0.1) is 5.92 Å². The number of carboxylic acids is 1. The maximum absolute atomic E-state index is 11.0. The Morgan fingerprint density at radius 1 is 1.00 bits per heavy atom.